The number of thiophene rings is 1. The first-order chi connectivity index (χ1) is 38.0. The average Bonchev–Trinajstić information content (AvgIpc) is 4.43. The summed E-state index contributed by atoms with van der Waals surface area (Å²) in [5, 5.41) is 4.14. The van der Waals surface area contributed by atoms with E-state index in [4.69, 9.17) is 4.74 Å². The van der Waals surface area contributed by atoms with Crippen molar-refractivity contribution in [2.24, 2.45) is 17.8 Å². The predicted molar refractivity (Wildman–Crippen MR) is 320 cm³/mol. The van der Waals surface area contributed by atoms with Gasteiger partial charge in [0.25, 0.3) is 0 Å². The number of hydrogen-bond donors (Lipinski definition) is 0. The van der Waals surface area contributed by atoms with Gasteiger partial charge in [0.15, 0.2) is 0 Å². The smallest absolute Gasteiger partial charge is 0.0674 e. The Bertz CT molecular complexity index is 4020. The first-order valence-electron chi connectivity index (χ1n) is 29.2. The highest BCUT2D eigenvalue weighted by molar-refractivity contribution is 7.19. The third kappa shape index (κ3) is 6.71. The molecule has 17 rings (SSSR count). The number of ether oxygens (including phenoxy) is 1. The van der Waals surface area contributed by atoms with Crippen LogP contribution in [0.1, 0.15) is 109 Å². The zero-order valence-electron chi connectivity index (χ0n) is 44.0. The summed E-state index contributed by atoms with van der Waals surface area (Å²) in [5.74, 6) is 2.30. The van der Waals surface area contributed by atoms with Crippen molar-refractivity contribution >= 4 is 54.4 Å². The van der Waals surface area contributed by atoms with Crippen LogP contribution in [0.25, 0.3) is 59.9 Å². The van der Waals surface area contributed by atoms with E-state index >= 15 is 0 Å². The molecule has 3 nitrogen and oxygen atoms in total. The minimum absolute atomic E-state index is 0.0508. The second-order valence-corrected chi connectivity index (χ2v) is 25.4. The molecule has 0 N–H and O–H groups in total. The molecular formula is C73H64N2OS. The van der Waals surface area contributed by atoms with Crippen molar-refractivity contribution in [2.45, 2.75) is 113 Å². The zero-order chi connectivity index (χ0) is 50.5. The van der Waals surface area contributed by atoms with E-state index < -0.39 is 0 Å². The van der Waals surface area contributed by atoms with Crippen LogP contribution < -0.4 is 0 Å². The SMILES string of the molecule is CC12C=C(c3ccc4c5c(sc4c3)CCC=C5C3=CC(N4C5=C(CC(c6ccc7c(c6)c6ccccc6n7-c6ccccc6)CC5)C5C=CC=CC54)CC4OC5CC=CCC5C34)CCC1c1ccccc1-c1ccccc12. The summed E-state index contributed by atoms with van der Waals surface area (Å²) < 4.78 is 11.2. The van der Waals surface area contributed by atoms with E-state index in [1.54, 1.807) is 21.7 Å². The first kappa shape index (κ1) is 45.1. The van der Waals surface area contributed by atoms with E-state index in [1.807, 2.05) is 0 Å². The molecule has 0 saturated carbocycles. The van der Waals surface area contributed by atoms with Crippen LogP contribution >= 0.6 is 11.3 Å². The number of aryl methyl sites for hydroxylation is 1. The molecule has 2 aliphatic heterocycles. The molecule has 9 aliphatic rings. The lowest BCUT2D eigenvalue weighted by Crippen LogP contribution is -2.45. The van der Waals surface area contributed by atoms with Crippen LogP contribution in [0.15, 0.2) is 211 Å². The second-order valence-electron chi connectivity index (χ2n) is 24.3. The molecule has 1 saturated heterocycles. The van der Waals surface area contributed by atoms with E-state index in [0.717, 1.165) is 51.4 Å². The molecule has 77 heavy (non-hydrogen) atoms. The Morgan fingerprint density at radius 1 is 0.701 bits per heavy atom. The highest BCUT2D eigenvalue weighted by Crippen LogP contribution is 2.59. The van der Waals surface area contributed by atoms with Crippen LogP contribution in [0.4, 0.5) is 0 Å². The van der Waals surface area contributed by atoms with Crippen molar-refractivity contribution in [3.8, 4) is 16.8 Å². The largest absolute Gasteiger partial charge is 0.374 e. The van der Waals surface area contributed by atoms with Crippen LogP contribution in [0.2, 0.25) is 0 Å². The molecule has 8 aromatic rings. The maximum Gasteiger partial charge on any atom is 0.0674 e. The topological polar surface area (TPSA) is 17.4 Å². The Hall–Kier alpha value is -6.98. The number of nitrogens with zero attached hydrogens (tertiary/aromatic N) is 2. The van der Waals surface area contributed by atoms with Gasteiger partial charge >= 0.3 is 0 Å². The van der Waals surface area contributed by atoms with Crippen LogP contribution in [0.5, 0.6) is 0 Å². The van der Waals surface area contributed by atoms with E-state index in [1.165, 1.54) is 101 Å². The molecule has 0 spiro atoms. The predicted octanol–water partition coefficient (Wildman–Crippen LogP) is 17.9. The molecule has 7 aliphatic carbocycles. The molecule has 4 heteroatoms. The Kier molecular flexibility index (Phi) is 10.1. The van der Waals surface area contributed by atoms with Crippen molar-refractivity contribution in [1.82, 2.24) is 9.47 Å². The summed E-state index contributed by atoms with van der Waals surface area (Å²) in [6.45, 7) is 2.52. The Morgan fingerprint density at radius 3 is 2.48 bits per heavy atom. The van der Waals surface area contributed by atoms with Gasteiger partial charge in [0.05, 0.1) is 35.3 Å². The van der Waals surface area contributed by atoms with E-state index in [0.29, 0.717) is 41.7 Å². The van der Waals surface area contributed by atoms with Gasteiger partial charge in [-0.15, -0.1) is 11.3 Å². The molecule has 4 heterocycles. The molecule has 1 fully saturated rings. The molecule has 2 aromatic heterocycles. The standard InChI is InChI=1S/C73H64N2OS/c1-73-43-47(31-35-62(73)52-19-6-5-18-50(52)51-20-7-11-25-61(51)73)46-30-34-57-70(40-46)77-69-29-15-24-55(72(57)69)60-41-49(42-68-71(60)56-23-10-14-28-67(56)76-68)75-64-27-13-9-22-54(64)59-39-45(33-37-66(59)75)44-32-36-65-58(38-44)53-21-8-12-26-63(53)74(65)48-16-3-2-4-17-48/h2-14,16-22,24-27,30,32,34,36,38,40-41,43,45,49,54,56,62,64,67-68,71H,15,23,28-29,31,33,35,37,39,42H2,1H3. The number of fused-ring (bicyclic) bond motifs is 17. The van der Waals surface area contributed by atoms with E-state index in [-0.39, 0.29) is 17.6 Å². The molecule has 0 radical (unpaired) electrons. The number of benzene rings is 6. The number of hydrogen-bond acceptors (Lipinski definition) is 3. The summed E-state index contributed by atoms with van der Waals surface area (Å²) in [7, 11) is 0. The molecular weight excluding hydrogens is 953 g/mol. The normalized spacial score (nSPS) is 29.5. The van der Waals surface area contributed by atoms with Gasteiger partial charge in [0, 0.05) is 59.9 Å². The highest BCUT2D eigenvalue weighted by Gasteiger charge is 2.53. The maximum absolute atomic E-state index is 7.35. The van der Waals surface area contributed by atoms with Crippen LogP contribution in [-0.4, -0.2) is 33.8 Å². The van der Waals surface area contributed by atoms with Gasteiger partial charge in [0.1, 0.15) is 0 Å². The maximum atomic E-state index is 7.35. The van der Waals surface area contributed by atoms with Crippen LogP contribution in [0, 0.1) is 17.8 Å². The average molecular weight is 1020 g/mol. The number of allylic oxidation sites excluding steroid dienone is 8. The second kappa shape index (κ2) is 17.3. The van der Waals surface area contributed by atoms with Crippen LogP contribution in [-0.2, 0) is 16.6 Å². The summed E-state index contributed by atoms with van der Waals surface area (Å²) in [4.78, 5) is 4.50. The van der Waals surface area contributed by atoms with Crippen LogP contribution in [0.3, 0.4) is 0 Å². The minimum Gasteiger partial charge on any atom is -0.374 e. The summed E-state index contributed by atoms with van der Waals surface area (Å²) in [5.41, 5.74) is 21.9. The lowest BCUT2D eigenvalue weighted by atomic mass is 9.58. The fourth-order valence-electron chi connectivity index (χ4n) is 17.3. The van der Waals surface area contributed by atoms with Gasteiger partial charge in [0.2, 0.25) is 0 Å². The summed E-state index contributed by atoms with van der Waals surface area (Å²) in [6, 6.07) is 53.9. The van der Waals surface area contributed by atoms with Crippen molar-refractivity contribution in [3.05, 3.63) is 244 Å². The van der Waals surface area contributed by atoms with Crippen molar-refractivity contribution in [1.29, 1.82) is 0 Å². The molecule has 0 bridgehead atoms. The van der Waals surface area contributed by atoms with Gasteiger partial charge in [-0.3, -0.25) is 0 Å². The van der Waals surface area contributed by atoms with Gasteiger partial charge in [-0.05, 0) is 174 Å². The quantitative estimate of drug-likeness (QED) is 0.160. The first-order valence-corrected chi connectivity index (χ1v) is 30.0. The van der Waals surface area contributed by atoms with Crippen molar-refractivity contribution in [2.75, 3.05) is 0 Å². The Balaban J connectivity index is 0.730. The molecule has 10 atom stereocenters. The fraction of sp³-hybridized carbons (Fsp3) is 0.288. The minimum atomic E-state index is -0.0508. The lowest BCUT2D eigenvalue weighted by Gasteiger charge is -2.45. The third-order valence-corrected chi connectivity index (χ3v) is 21.8. The van der Waals surface area contributed by atoms with Gasteiger partial charge < -0.3 is 14.2 Å². The highest BCUT2D eigenvalue weighted by atomic mass is 32.1. The van der Waals surface area contributed by atoms with Gasteiger partial charge in [-0.2, -0.15) is 0 Å². The number of aromatic nitrogens is 1. The molecule has 10 unspecified atom stereocenters. The summed E-state index contributed by atoms with van der Waals surface area (Å²) >= 11 is 2.08. The van der Waals surface area contributed by atoms with Crippen molar-refractivity contribution in [3.63, 3.8) is 0 Å². The number of para-hydroxylation sites is 2. The Morgan fingerprint density at radius 2 is 1.53 bits per heavy atom. The molecule has 0 amide bonds. The third-order valence-electron chi connectivity index (χ3n) is 20.6. The molecule has 6 aromatic carbocycles. The van der Waals surface area contributed by atoms with E-state index in [9.17, 15) is 0 Å². The number of rotatable bonds is 5. The lowest BCUT2D eigenvalue weighted by molar-refractivity contribution is 0.0133. The Labute approximate surface area is 457 Å². The fourth-order valence-corrected chi connectivity index (χ4v) is 18.5. The van der Waals surface area contributed by atoms with Gasteiger partial charge in [-0.1, -0.05) is 165 Å². The zero-order valence-corrected chi connectivity index (χ0v) is 44.8. The van der Waals surface area contributed by atoms with E-state index in [2.05, 4.69) is 222 Å². The monoisotopic (exact) mass is 1020 g/mol. The molecule has 378 valence electrons. The summed E-state index contributed by atoms with van der Waals surface area (Å²) in [6.07, 6.45) is 34.4. The van der Waals surface area contributed by atoms with Crippen molar-refractivity contribution < 1.29 is 4.74 Å². The van der Waals surface area contributed by atoms with Gasteiger partial charge in [-0.25, -0.2) is 0 Å².